The van der Waals surface area contributed by atoms with Gasteiger partial charge < -0.3 is 0 Å². The van der Waals surface area contributed by atoms with Gasteiger partial charge in [-0.2, -0.15) is 0 Å². The van der Waals surface area contributed by atoms with Crippen LogP contribution in [-0.2, 0) is 0 Å². The second kappa shape index (κ2) is 3.83. The Balaban J connectivity index is 4.03. The molecule has 0 atom stereocenters. The first-order valence-electron chi connectivity index (χ1n) is 2.91. The molecule has 0 aromatic rings. The molecule has 0 aliphatic rings. The van der Waals surface area contributed by atoms with E-state index in [0.29, 0.717) is 0 Å². The van der Waals surface area contributed by atoms with E-state index in [4.69, 9.17) is 0 Å². The molecule has 0 saturated carbocycles. The number of hydrogen-bond donors (Lipinski definition) is 0. The molecular weight excluding hydrogens is 127 g/mol. The maximum atomic E-state index is 12.0. The van der Waals surface area contributed by atoms with Gasteiger partial charge in [-0.05, 0) is 18.6 Å². The maximum absolute atomic E-state index is 12.0. The van der Waals surface area contributed by atoms with E-state index in [-0.39, 0.29) is 0 Å². The minimum atomic E-state index is -0.470. The molecule has 0 rings (SSSR count). The zero-order valence-electron chi connectivity index (χ0n) is 6.15. The molecule has 0 bridgehead atoms. The average Bonchev–Trinajstić information content (AvgIpc) is 1.82. The van der Waals surface area contributed by atoms with Gasteiger partial charge in [0.2, 0.25) is 0 Å². The maximum Gasteiger partial charge on any atom is 0.116 e. The Morgan fingerprint density at radius 2 is 1.70 bits per heavy atom. The predicted octanol–water partition coefficient (Wildman–Crippen LogP) is 3.16. The summed E-state index contributed by atoms with van der Waals surface area (Å²) < 4.78 is 12.0. The molecule has 0 heterocycles. The molecule has 10 heavy (non-hydrogen) atoms. The monoisotopic (exact) mass is 138 g/mol. The summed E-state index contributed by atoms with van der Waals surface area (Å²) in [5.74, 6) is -0.470. The summed E-state index contributed by atoms with van der Waals surface area (Å²) in [7, 11) is 0. The highest BCUT2D eigenvalue weighted by atomic mass is 19.1. The van der Waals surface area contributed by atoms with Gasteiger partial charge in [0, 0.05) is 0 Å². The van der Waals surface area contributed by atoms with E-state index in [2.05, 4.69) is 19.7 Å². The molecule has 0 spiro atoms. The highest BCUT2D eigenvalue weighted by molar-refractivity contribution is 5.35. The lowest BCUT2D eigenvalue weighted by Gasteiger charge is -1.93. The van der Waals surface area contributed by atoms with Crippen LogP contribution >= 0.6 is 0 Å². The highest BCUT2D eigenvalue weighted by Gasteiger charge is 1.86. The topological polar surface area (TPSA) is 0 Å². The van der Waals surface area contributed by atoms with Crippen molar-refractivity contribution in [2.75, 3.05) is 0 Å². The van der Waals surface area contributed by atoms with Crippen molar-refractivity contribution >= 4 is 0 Å². The van der Waals surface area contributed by atoms with Gasteiger partial charge in [-0.15, -0.1) is 0 Å². The number of halogens is 1. The number of allylic oxidation sites excluding steroid dienone is 5. The van der Waals surface area contributed by atoms with Crippen molar-refractivity contribution in [3.63, 3.8) is 0 Å². The average molecular weight is 138 g/mol. The Kier molecular flexibility index (Phi) is 3.40. The predicted molar refractivity (Wildman–Crippen MR) is 43.3 cm³/mol. The second-order valence-corrected chi connectivity index (χ2v) is 2.09. The van der Waals surface area contributed by atoms with E-state index >= 15 is 0 Å². The van der Waals surface area contributed by atoms with Gasteiger partial charge in [-0.25, -0.2) is 4.39 Å². The molecule has 0 amide bonds. The van der Waals surface area contributed by atoms with Crippen molar-refractivity contribution in [3.8, 4) is 0 Å². The molecule has 0 fully saturated rings. The number of hydrogen-bond acceptors (Lipinski definition) is 0. The fourth-order valence-corrected chi connectivity index (χ4v) is 0.333. The minimum absolute atomic E-state index is 0.470. The van der Waals surface area contributed by atoms with E-state index in [0.717, 1.165) is 11.1 Å². The molecule has 54 valence electrons. The van der Waals surface area contributed by atoms with Crippen molar-refractivity contribution in [1.82, 2.24) is 0 Å². The zero-order chi connectivity index (χ0) is 8.15. The van der Waals surface area contributed by atoms with Crippen molar-refractivity contribution < 1.29 is 4.39 Å². The lowest BCUT2D eigenvalue weighted by atomic mass is 10.1. The van der Waals surface area contributed by atoms with Crippen LogP contribution in [0.4, 0.5) is 4.39 Å². The van der Waals surface area contributed by atoms with E-state index in [1.165, 1.54) is 6.08 Å². The Hall–Kier alpha value is -1.11. The quantitative estimate of drug-likeness (QED) is 0.525. The fraction of sp³-hybridized carbons (Fsp3) is 0.111. The number of rotatable bonds is 3. The van der Waals surface area contributed by atoms with Crippen molar-refractivity contribution in [1.29, 1.82) is 0 Å². The Morgan fingerprint density at radius 3 is 2.00 bits per heavy atom. The smallest absolute Gasteiger partial charge is 0.116 e. The molecule has 0 saturated heterocycles. The molecule has 0 aliphatic heterocycles. The summed E-state index contributed by atoms with van der Waals surface area (Å²) in [4.78, 5) is 0. The van der Waals surface area contributed by atoms with Gasteiger partial charge in [0.1, 0.15) is 5.83 Å². The van der Waals surface area contributed by atoms with Crippen LogP contribution in [0, 0.1) is 0 Å². The summed E-state index contributed by atoms with van der Waals surface area (Å²) in [6, 6.07) is 0. The Morgan fingerprint density at radius 1 is 1.20 bits per heavy atom. The lowest BCUT2D eigenvalue weighted by Crippen LogP contribution is -1.73. The third-order valence-corrected chi connectivity index (χ3v) is 1.01. The third kappa shape index (κ3) is 3.84. The van der Waals surface area contributed by atoms with Crippen LogP contribution < -0.4 is 0 Å². The van der Waals surface area contributed by atoms with E-state index < -0.39 is 5.83 Å². The second-order valence-electron chi connectivity index (χ2n) is 2.09. The fourth-order valence-electron chi connectivity index (χ4n) is 0.333. The first kappa shape index (κ1) is 8.89. The molecule has 0 unspecified atom stereocenters. The van der Waals surface area contributed by atoms with Crippen LogP contribution in [0.15, 0.2) is 48.9 Å². The molecule has 0 aromatic heterocycles. The first-order chi connectivity index (χ1) is 4.54. The molecular formula is C9H11F. The summed E-state index contributed by atoms with van der Waals surface area (Å²) in [5.41, 5.74) is 1.55. The Bertz CT molecular complexity index is 197. The third-order valence-electron chi connectivity index (χ3n) is 1.01. The molecule has 0 radical (unpaired) electrons. The lowest BCUT2D eigenvalue weighted by molar-refractivity contribution is 0.671. The summed E-state index contributed by atoms with van der Waals surface area (Å²) in [5, 5.41) is 0. The normalized spacial score (nSPS) is 9.80. The minimum Gasteiger partial charge on any atom is -0.208 e. The van der Waals surface area contributed by atoms with E-state index in [9.17, 15) is 4.39 Å². The molecule has 0 aromatic carbocycles. The largest absolute Gasteiger partial charge is 0.208 e. The van der Waals surface area contributed by atoms with Gasteiger partial charge in [0.15, 0.2) is 0 Å². The van der Waals surface area contributed by atoms with Crippen LogP contribution in [-0.4, -0.2) is 0 Å². The van der Waals surface area contributed by atoms with E-state index in [1.54, 1.807) is 6.08 Å². The molecule has 0 N–H and O–H groups in total. The van der Waals surface area contributed by atoms with E-state index in [1.807, 2.05) is 6.92 Å². The SMILES string of the molecule is C=C(F)/C=C\C(=C)C(=C)C. The zero-order valence-corrected chi connectivity index (χ0v) is 6.15. The van der Waals surface area contributed by atoms with Crippen LogP contribution in [0.3, 0.4) is 0 Å². The van der Waals surface area contributed by atoms with Crippen molar-refractivity contribution in [2.24, 2.45) is 0 Å². The van der Waals surface area contributed by atoms with Crippen molar-refractivity contribution in [2.45, 2.75) is 6.92 Å². The standard InChI is InChI=1S/C9H11F/c1-7(2)8(3)5-6-9(4)10/h5-6H,1,3-4H2,2H3/b6-5-. The van der Waals surface area contributed by atoms with Crippen LogP contribution in [0.5, 0.6) is 0 Å². The molecule has 0 nitrogen and oxygen atoms in total. The van der Waals surface area contributed by atoms with Gasteiger partial charge in [-0.1, -0.05) is 31.4 Å². The van der Waals surface area contributed by atoms with Crippen LogP contribution in [0.1, 0.15) is 6.92 Å². The van der Waals surface area contributed by atoms with Gasteiger partial charge in [-0.3, -0.25) is 0 Å². The molecule has 0 aliphatic carbocycles. The van der Waals surface area contributed by atoms with Crippen LogP contribution in [0.25, 0.3) is 0 Å². The molecule has 1 heteroatoms. The van der Waals surface area contributed by atoms with Gasteiger partial charge in [0.25, 0.3) is 0 Å². The summed E-state index contributed by atoms with van der Waals surface area (Å²) >= 11 is 0. The van der Waals surface area contributed by atoms with Gasteiger partial charge >= 0.3 is 0 Å². The highest BCUT2D eigenvalue weighted by Crippen LogP contribution is 2.06. The van der Waals surface area contributed by atoms with Crippen molar-refractivity contribution in [3.05, 3.63) is 48.9 Å². The summed E-state index contributed by atoms with van der Waals surface area (Å²) in [6.45, 7) is 12.1. The van der Waals surface area contributed by atoms with Gasteiger partial charge in [0.05, 0.1) is 0 Å². The summed E-state index contributed by atoms with van der Waals surface area (Å²) in [6.07, 6.45) is 2.81. The first-order valence-corrected chi connectivity index (χ1v) is 2.91. The Labute approximate surface area is 61.1 Å². The van der Waals surface area contributed by atoms with Crippen LogP contribution in [0.2, 0.25) is 0 Å².